The molecule has 0 spiro atoms. The van der Waals surface area contributed by atoms with Crippen molar-refractivity contribution in [2.24, 2.45) is 5.73 Å². The summed E-state index contributed by atoms with van der Waals surface area (Å²) >= 11 is 5.75. The highest BCUT2D eigenvalue weighted by molar-refractivity contribution is 6.31. The van der Waals surface area contributed by atoms with E-state index in [1.165, 1.54) is 0 Å². The Morgan fingerprint density at radius 2 is 2.20 bits per heavy atom. The first kappa shape index (κ1) is 11.7. The summed E-state index contributed by atoms with van der Waals surface area (Å²) in [4.78, 5) is 10.5. The summed E-state index contributed by atoms with van der Waals surface area (Å²) in [6.45, 7) is 0.661. The number of benzene rings is 1. The normalized spacial score (nSPS) is 9.93. The Balaban J connectivity index is 2.40. The molecule has 1 amide bonds. The molecular formula is C10H14ClN3O. The summed E-state index contributed by atoms with van der Waals surface area (Å²) in [6.07, 6.45) is 1.07. The van der Waals surface area contributed by atoms with E-state index >= 15 is 0 Å². The molecule has 1 rings (SSSR count). The summed E-state index contributed by atoms with van der Waals surface area (Å²) in [5.74, 6) is -0.291. The molecule has 0 radical (unpaired) electrons. The maximum Gasteiger partial charge on any atom is 0.217 e. The zero-order valence-electron chi connectivity index (χ0n) is 8.29. The predicted molar refractivity (Wildman–Crippen MR) is 62.8 cm³/mol. The molecule has 0 heterocycles. The molecule has 0 unspecified atom stereocenters. The van der Waals surface area contributed by atoms with Crippen LogP contribution in [-0.2, 0) is 4.79 Å². The van der Waals surface area contributed by atoms with E-state index in [9.17, 15) is 4.79 Å². The number of hydrogen-bond acceptors (Lipinski definition) is 3. The molecule has 0 saturated heterocycles. The lowest BCUT2D eigenvalue weighted by Gasteiger charge is -2.08. The average molecular weight is 228 g/mol. The molecule has 1 aromatic rings. The second-order valence-electron chi connectivity index (χ2n) is 3.23. The van der Waals surface area contributed by atoms with Crippen LogP contribution in [0.15, 0.2) is 18.2 Å². The van der Waals surface area contributed by atoms with Crippen molar-refractivity contribution < 1.29 is 4.79 Å². The van der Waals surface area contributed by atoms with E-state index in [0.717, 1.165) is 5.69 Å². The van der Waals surface area contributed by atoms with Crippen molar-refractivity contribution in [2.75, 3.05) is 17.6 Å². The number of nitrogens with two attached hydrogens (primary N) is 2. The largest absolute Gasteiger partial charge is 0.397 e. The minimum atomic E-state index is -0.291. The Morgan fingerprint density at radius 3 is 2.80 bits per heavy atom. The first-order chi connectivity index (χ1) is 7.09. The predicted octanol–water partition coefficient (Wildman–Crippen LogP) is 1.60. The lowest BCUT2D eigenvalue weighted by atomic mass is 10.2. The van der Waals surface area contributed by atoms with E-state index in [1.54, 1.807) is 12.1 Å². The van der Waals surface area contributed by atoms with Gasteiger partial charge in [0.2, 0.25) is 5.91 Å². The van der Waals surface area contributed by atoms with Crippen LogP contribution in [0.1, 0.15) is 12.8 Å². The van der Waals surface area contributed by atoms with Crippen LogP contribution < -0.4 is 16.8 Å². The van der Waals surface area contributed by atoms with Crippen LogP contribution in [-0.4, -0.2) is 12.5 Å². The van der Waals surface area contributed by atoms with Gasteiger partial charge in [0.15, 0.2) is 0 Å². The number of primary amides is 1. The van der Waals surface area contributed by atoms with Crippen molar-refractivity contribution in [3.63, 3.8) is 0 Å². The van der Waals surface area contributed by atoms with E-state index in [0.29, 0.717) is 30.1 Å². The van der Waals surface area contributed by atoms with E-state index in [4.69, 9.17) is 23.1 Å². The Hall–Kier alpha value is -1.42. The number of carbonyl (C=O) groups is 1. The highest BCUT2D eigenvalue weighted by Crippen LogP contribution is 2.22. The Morgan fingerprint density at radius 1 is 1.47 bits per heavy atom. The zero-order chi connectivity index (χ0) is 11.3. The lowest BCUT2D eigenvalue weighted by molar-refractivity contribution is -0.118. The van der Waals surface area contributed by atoms with Gasteiger partial charge in [-0.05, 0) is 24.6 Å². The van der Waals surface area contributed by atoms with Gasteiger partial charge in [-0.2, -0.15) is 0 Å². The molecule has 5 heteroatoms. The third kappa shape index (κ3) is 4.08. The minimum absolute atomic E-state index is 0.291. The zero-order valence-corrected chi connectivity index (χ0v) is 9.05. The molecule has 4 nitrogen and oxygen atoms in total. The molecule has 1 aromatic carbocycles. The number of nitrogen functional groups attached to an aromatic ring is 1. The molecule has 0 aliphatic rings. The highest BCUT2D eigenvalue weighted by atomic mass is 35.5. The second-order valence-corrected chi connectivity index (χ2v) is 3.66. The molecule has 15 heavy (non-hydrogen) atoms. The number of amides is 1. The molecule has 0 aliphatic heterocycles. The van der Waals surface area contributed by atoms with Gasteiger partial charge in [0.25, 0.3) is 0 Å². The summed E-state index contributed by atoms with van der Waals surface area (Å²) in [7, 11) is 0. The standard InChI is InChI=1S/C10H14ClN3O/c11-7-3-4-9(8(12)6-7)14-5-1-2-10(13)15/h3-4,6,14H,1-2,5,12H2,(H2,13,15). The molecule has 0 saturated carbocycles. The highest BCUT2D eigenvalue weighted by Gasteiger charge is 1.99. The van der Waals surface area contributed by atoms with Crippen LogP contribution in [0.4, 0.5) is 11.4 Å². The van der Waals surface area contributed by atoms with E-state index < -0.39 is 0 Å². The van der Waals surface area contributed by atoms with Crippen molar-refractivity contribution in [3.8, 4) is 0 Å². The summed E-state index contributed by atoms with van der Waals surface area (Å²) in [5, 5.41) is 3.71. The third-order valence-electron chi connectivity index (χ3n) is 1.93. The molecule has 0 atom stereocenters. The average Bonchev–Trinajstić information content (AvgIpc) is 2.14. The molecule has 82 valence electrons. The fourth-order valence-corrected chi connectivity index (χ4v) is 1.36. The van der Waals surface area contributed by atoms with Gasteiger partial charge in [0, 0.05) is 18.0 Å². The summed E-state index contributed by atoms with van der Waals surface area (Å²) < 4.78 is 0. The van der Waals surface area contributed by atoms with Gasteiger partial charge in [-0.25, -0.2) is 0 Å². The van der Waals surface area contributed by atoms with Gasteiger partial charge in [0.05, 0.1) is 11.4 Å². The molecule has 0 aromatic heterocycles. The molecule has 0 bridgehead atoms. The number of carbonyl (C=O) groups excluding carboxylic acids is 1. The fraction of sp³-hybridized carbons (Fsp3) is 0.300. The topological polar surface area (TPSA) is 81.1 Å². The summed E-state index contributed by atoms with van der Waals surface area (Å²) in [6, 6.07) is 5.24. The van der Waals surface area contributed by atoms with Crippen molar-refractivity contribution >= 4 is 28.9 Å². The number of nitrogens with one attached hydrogen (secondary N) is 1. The maximum atomic E-state index is 10.5. The molecule has 0 fully saturated rings. The van der Waals surface area contributed by atoms with Gasteiger partial charge in [0.1, 0.15) is 0 Å². The maximum absolute atomic E-state index is 10.5. The molecule has 0 aliphatic carbocycles. The number of rotatable bonds is 5. The van der Waals surface area contributed by atoms with Crippen LogP contribution in [0.3, 0.4) is 0 Å². The smallest absolute Gasteiger partial charge is 0.217 e. The van der Waals surface area contributed by atoms with Gasteiger partial charge < -0.3 is 16.8 Å². The number of anilines is 2. The van der Waals surface area contributed by atoms with Gasteiger partial charge in [-0.15, -0.1) is 0 Å². The van der Waals surface area contributed by atoms with Crippen molar-refractivity contribution in [2.45, 2.75) is 12.8 Å². The first-order valence-corrected chi connectivity index (χ1v) is 5.04. The van der Waals surface area contributed by atoms with Gasteiger partial charge in [-0.1, -0.05) is 11.6 Å². The van der Waals surface area contributed by atoms with Crippen molar-refractivity contribution in [1.29, 1.82) is 0 Å². The SMILES string of the molecule is NC(=O)CCCNc1ccc(Cl)cc1N. The molecular weight excluding hydrogens is 214 g/mol. The van der Waals surface area contributed by atoms with E-state index in [1.807, 2.05) is 6.07 Å². The quantitative estimate of drug-likeness (QED) is 0.528. The van der Waals surface area contributed by atoms with Gasteiger partial charge >= 0.3 is 0 Å². The van der Waals surface area contributed by atoms with Crippen molar-refractivity contribution in [3.05, 3.63) is 23.2 Å². The fourth-order valence-electron chi connectivity index (χ4n) is 1.18. The first-order valence-electron chi connectivity index (χ1n) is 4.67. The van der Waals surface area contributed by atoms with Crippen LogP contribution in [0.2, 0.25) is 5.02 Å². The Labute approximate surface area is 93.6 Å². The van der Waals surface area contributed by atoms with E-state index in [-0.39, 0.29) is 5.91 Å². The van der Waals surface area contributed by atoms with Crippen LogP contribution in [0.25, 0.3) is 0 Å². The van der Waals surface area contributed by atoms with Crippen LogP contribution >= 0.6 is 11.6 Å². The van der Waals surface area contributed by atoms with Gasteiger partial charge in [-0.3, -0.25) is 4.79 Å². The summed E-state index contributed by atoms with van der Waals surface area (Å²) in [5.41, 5.74) is 12.2. The monoisotopic (exact) mass is 227 g/mol. The van der Waals surface area contributed by atoms with E-state index in [2.05, 4.69) is 5.32 Å². The Bertz CT molecular complexity index is 355. The van der Waals surface area contributed by atoms with Crippen molar-refractivity contribution in [1.82, 2.24) is 0 Å². The third-order valence-corrected chi connectivity index (χ3v) is 2.16. The Kier molecular flexibility index (Phi) is 4.24. The number of hydrogen-bond donors (Lipinski definition) is 3. The lowest BCUT2D eigenvalue weighted by Crippen LogP contribution is -2.13. The molecule has 5 N–H and O–H groups in total. The second kappa shape index (κ2) is 5.46. The number of halogens is 1. The minimum Gasteiger partial charge on any atom is -0.397 e. The van der Waals surface area contributed by atoms with Crippen LogP contribution in [0.5, 0.6) is 0 Å². The van der Waals surface area contributed by atoms with Crippen LogP contribution in [0, 0.1) is 0 Å².